The average Bonchev–Trinajstić information content (AvgIpc) is 3.35. The van der Waals surface area contributed by atoms with Gasteiger partial charge in [0.25, 0.3) is 0 Å². The van der Waals surface area contributed by atoms with Crippen LogP contribution in [0.1, 0.15) is 33.3 Å². The number of rotatable bonds is 7. The second-order valence-electron chi connectivity index (χ2n) is 12.2. The summed E-state index contributed by atoms with van der Waals surface area (Å²) in [6.07, 6.45) is 2.23. The van der Waals surface area contributed by atoms with Gasteiger partial charge in [-0.15, -0.1) is 0 Å². The van der Waals surface area contributed by atoms with Crippen molar-refractivity contribution in [3.63, 3.8) is 0 Å². The molecule has 40 heavy (non-hydrogen) atoms. The molecule has 3 fully saturated rings. The lowest BCUT2D eigenvalue weighted by Gasteiger charge is -2.27. The van der Waals surface area contributed by atoms with Crippen molar-refractivity contribution in [3.8, 4) is 5.69 Å². The minimum atomic E-state index is -0.477. The van der Waals surface area contributed by atoms with Crippen LogP contribution in [0.25, 0.3) is 5.69 Å². The number of nitrogens with one attached hydrogen (secondary N) is 3. The summed E-state index contributed by atoms with van der Waals surface area (Å²) in [6.45, 7) is 13.4. The van der Waals surface area contributed by atoms with Crippen LogP contribution in [-0.4, -0.2) is 88.9 Å². The van der Waals surface area contributed by atoms with Crippen LogP contribution in [0.3, 0.4) is 0 Å². The van der Waals surface area contributed by atoms with Gasteiger partial charge in [-0.05, 0) is 75.6 Å². The quantitative estimate of drug-likeness (QED) is 0.483. The van der Waals surface area contributed by atoms with Crippen molar-refractivity contribution in [2.75, 3.05) is 51.1 Å². The number of amides is 3. The number of benzene rings is 1. The van der Waals surface area contributed by atoms with E-state index in [-0.39, 0.29) is 17.9 Å². The van der Waals surface area contributed by atoms with E-state index in [1.54, 1.807) is 17.2 Å². The lowest BCUT2D eigenvalue weighted by molar-refractivity contribution is 0.0522. The summed E-state index contributed by atoms with van der Waals surface area (Å²) in [5.74, 6) is 2.08. The van der Waals surface area contributed by atoms with Gasteiger partial charge >= 0.3 is 17.8 Å². The Morgan fingerprint density at radius 3 is 2.40 bits per heavy atom. The number of alkyl carbamates (subject to hydrolysis) is 1. The molecule has 5 rings (SSSR count). The fourth-order valence-corrected chi connectivity index (χ4v) is 5.85. The number of aromatic nitrogens is 2. The molecule has 3 aliphatic rings. The number of ether oxygens (including phenoxy) is 1. The van der Waals surface area contributed by atoms with Crippen molar-refractivity contribution in [1.29, 1.82) is 0 Å². The maximum absolute atomic E-state index is 12.7. The molecule has 0 radical (unpaired) electrons. The number of piperazine rings is 1. The number of carbonyl (C=O) groups is 2. The van der Waals surface area contributed by atoms with E-state index in [1.807, 2.05) is 32.9 Å². The van der Waals surface area contributed by atoms with Crippen LogP contribution in [0.4, 0.5) is 15.4 Å². The summed E-state index contributed by atoms with van der Waals surface area (Å²) in [6, 6.07) is 9.79. The molecule has 0 bridgehead atoms. The maximum atomic E-state index is 12.7. The summed E-state index contributed by atoms with van der Waals surface area (Å²) in [4.78, 5) is 45.3. The molecular formula is C29H41N7O4. The van der Waals surface area contributed by atoms with E-state index in [2.05, 4.69) is 44.9 Å². The summed E-state index contributed by atoms with van der Waals surface area (Å²) in [5.41, 5.74) is 1.03. The Morgan fingerprint density at radius 1 is 1.10 bits per heavy atom. The lowest BCUT2D eigenvalue weighted by Crippen LogP contribution is -2.48. The van der Waals surface area contributed by atoms with Gasteiger partial charge in [-0.1, -0.05) is 12.1 Å². The maximum Gasteiger partial charge on any atom is 0.407 e. The van der Waals surface area contributed by atoms with Crippen molar-refractivity contribution in [3.05, 3.63) is 52.6 Å². The first-order valence-corrected chi connectivity index (χ1v) is 14.2. The monoisotopic (exact) mass is 551 g/mol. The van der Waals surface area contributed by atoms with Gasteiger partial charge < -0.3 is 20.3 Å². The molecular weight excluding hydrogens is 510 g/mol. The zero-order valence-electron chi connectivity index (χ0n) is 23.9. The zero-order valence-corrected chi connectivity index (χ0v) is 23.9. The first-order chi connectivity index (χ1) is 19.1. The fraction of sp³-hybridized carbons (Fsp3) is 0.586. The Morgan fingerprint density at radius 2 is 1.77 bits per heavy atom. The first-order valence-electron chi connectivity index (χ1n) is 14.2. The van der Waals surface area contributed by atoms with Crippen molar-refractivity contribution in [1.82, 2.24) is 30.0 Å². The van der Waals surface area contributed by atoms with Crippen molar-refractivity contribution in [2.24, 2.45) is 17.8 Å². The molecule has 0 spiro atoms. The molecule has 1 aromatic carbocycles. The zero-order chi connectivity index (χ0) is 28.4. The van der Waals surface area contributed by atoms with Crippen molar-refractivity contribution < 1.29 is 14.3 Å². The van der Waals surface area contributed by atoms with Crippen LogP contribution >= 0.6 is 0 Å². The number of likely N-dealkylation sites (tertiary alicyclic amines) is 1. The number of fused-ring (bicyclic) bond motifs is 1. The molecule has 11 heteroatoms. The number of carbonyl (C=O) groups excluding carboxylic acids is 2. The van der Waals surface area contributed by atoms with E-state index < -0.39 is 11.3 Å². The average molecular weight is 552 g/mol. The van der Waals surface area contributed by atoms with Gasteiger partial charge in [-0.3, -0.25) is 14.8 Å². The Hall–Kier alpha value is -3.44. The number of hydrogen-bond acceptors (Lipinski definition) is 7. The molecule has 1 aromatic heterocycles. The van der Waals surface area contributed by atoms with Crippen LogP contribution < -0.4 is 21.6 Å². The number of anilines is 1. The van der Waals surface area contributed by atoms with E-state index in [9.17, 15) is 14.4 Å². The Kier molecular flexibility index (Phi) is 8.14. The molecule has 4 atom stereocenters. The number of piperidine rings is 1. The van der Waals surface area contributed by atoms with E-state index >= 15 is 0 Å². The first kappa shape index (κ1) is 28.1. The van der Waals surface area contributed by atoms with Gasteiger partial charge in [0.2, 0.25) is 0 Å². The van der Waals surface area contributed by atoms with Gasteiger partial charge in [0, 0.05) is 58.1 Å². The molecule has 1 saturated carbocycles. The molecule has 2 unspecified atom stereocenters. The minimum absolute atomic E-state index is 0.243. The van der Waals surface area contributed by atoms with E-state index in [1.165, 1.54) is 10.1 Å². The highest BCUT2D eigenvalue weighted by atomic mass is 16.6. The molecule has 3 heterocycles. The predicted molar refractivity (Wildman–Crippen MR) is 153 cm³/mol. The smallest absolute Gasteiger partial charge is 0.407 e. The second kappa shape index (κ2) is 11.6. The standard InChI is InChI=1S/C29H41N7O4/c1-19(35-17-23-22(24(23)18-35)16-31-28(39)40-29(2,3)4)15-20-5-7-21(8-6-20)36-12-9-25(33-27(36)38)32-26(37)34-13-10-30-11-14-34/h5-9,12,19,22-24,30H,10-11,13-18H2,1-4H3,(H,31,39)(H,32,33,37,38)/t19?,22?,23-,24+. The molecule has 3 N–H and O–H groups in total. The topological polar surface area (TPSA) is 121 Å². The van der Waals surface area contributed by atoms with Gasteiger partial charge in [0.1, 0.15) is 11.4 Å². The third kappa shape index (κ3) is 6.82. The molecule has 216 valence electrons. The molecule has 3 amide bonds. The van der Waals surface area contributed by atoms with Crippen LogP contribution in [0, 0.1) is 17.8 Å². The lowest BCUT2D eigenvalue weighted by atomic mass is 10.0. The molecule has 2 aromatic rings. The second-order valence-corrected chi connectivity index (χ2v) is 12.2. The normalized spacial score (nSPS) is 23.3. The highest BCUT2D eigenvalue weighted by Gasteiger charge is 2.55. The van der Waals surface area contributed by atoms with Crippen molar-refractivity contribution in [2.45, 2.75) is 45.8 Å². The van der Waals surface area contributed by atoms with E-state index in [0.717, 1.165) is 38.3 Å². The van der Waals surface area contributed by atoms with Crippen LogP contribution in [0.5, 0.6) is 0 Å². The van der Waals surface area contributed by atoms with Crippen molar-refractivity contribution >= 4 is 17.9 Å². The number of urea groups is 1. The Balaban J connectivity index is 1.09. The largest absolute Gasteiger partial charge is 0.444 e. The third-order valence-electron chi connectivity index (χ3n) is 8.09. The minimum Gasteiger partial charge on any atom is -0.444 e. The van der Waals surface area contributed by atoms with Crippen LogP contribution in [0.2, 0.25) is 0 Å². The van der Waals surface area contributed by atoms with Crippen LogP contribution in [0.15, 0.2) is 41.3 Å². The van der Waals surface area contributed by atoms with Gasteiger partial charge in [0.05, 0.1) is 5.69 Å². The predicted octanol–water partition coefficient (Wildman–Crippen LogP) is 2.30. The molecule has 2 saturated heterocycles. The number of nitrogens with zero attached hydrogens (tertiary/aromatic N) is 4. The SMILES string of the molecule is CC(Cc1ccc(-n2ccc(NC(=O)N3CCNCC3)nc2=O)cc1)N1C[C@@H]2C(CNC(=O)OC(C)(C)C)[C@@H]2C1. The van der Waals surface area contributed by atoms with E-state index in [4.69, 9.17) is 4.74 Å². The van der Waals surface area contributed by atoms with Crippen LogP contribution in [-0.2, 0) is 11.2 Å². The summed E-state index contributed by atoms with van der Waals surface area (Å²) in [5, 5.41) is 8.86. The van der Waals surface area contributed by atoms with E-state index in [0.29, 0.717) is 43.4 Å². The van der Waals surface area contributed by atoms with Gasteiger partial charge in [-0.25, -0.2) is 14.4 Å². The summed E-state index contributed by atoms with van der Waals surface area (Å²) < 4.78 is 6.82. The molecule has 11 nitrogen and oxygen atoms in total. The highest BCUT2D eigenvalue weighted by molar-refractivity contribution is 5.88. The van der Waals surface area contributed by atoms with Gasteiger partial charge in [0.15, 0.2) is 0 Å². The molecule has 2 aliphatic heterocycles. The summed E-state index contributed by atoms with van der Waals surface area (Å²) >= 11 is 0. The Labute approximate surface area is 235 Å². The molecule has 1 aliphatic carbocycles. The fourth-order valence-electron chi connectivity index (χ4n) is 5.85. The highest BCUT2D eigenvalue weighted by Crippen LogP contribution is 2.51. The van der Waals surface area contributed by atoms with Gasteiger partial charge in [-0.2, -0.15) is 4.98 Å². The number of hydrogen-bond donors (Lipinski definition) is 3. The summed E-state index contributed by atoms with van der Waals surface area (Å²) in [7, 11) is 0. The third-order valence-corrected chi connectivity index (χ3v) is 8.09. The Bertz CT molecular complexity index is 1250.